The van der Waals surface area contributed by atoms with Gasteiger partial charge in [-0.1, -0.05) is 44.2 Å². The molecule has 0 spiro atoms. The highest BCUT2D eigenvalue weighted by molar-refractivity contribution is 6.13. The minimum absolute atomic E-state index is 0.184. The molecule has 1 aromatic carbocycles. The van der Waals surface area contributed by atoms with E-state index in [1.807, 2.05) is 0 Å². The molecule has 0 aliphatic rings. The molecule has 0 heterocycles. The Balaban J connectivity index is 3.05. The number of hydrogen-bond donors (Lipinski definition) is 0. The van der Waals surface area contributed by atoms with Gasteiger partial charge in [-0.25, -0.2) is 0 Å². The van der Waals surface area contributed by atoms with Gasteiger partial charge < -0.3 is 0 Å². The van der Waals surface area contributed by atoms with Gasteiger partial charge in [-0.15, -0.1) is 0 Å². The van der Waals surface area contributed by atoms with Crippen LogP contribution in [0.5, 0.6) is 0 Å². The van der Waals surface area contributed by atoms with Crippen molar-refractivity contribution in [3.63, 3.8) is 0 Å². The number of nitro groups is 1. The van der Waals surface area contributed by atoms with Crippen molar-refractivity contribution in [2.24, 2.45) is 5.92 Å². The van der Waals surface area contributed by atoms with E-state index in [1.165, 1.54) is 26.0 Å². The first kappa shape index (κ1) is 13.0. The fraction of sp³-hybridized carbons (Fsp3) is 0.333. The first-order valence-electron chi connectivity index (χ1n) is 5.21. The number of carbonyl (C=O) groups is 2. The maximum atomic E-state index is 11.9. The third kappa shape index (κ3) is 2.96. The topological polar surface area (TPSA) is 77.3 Å². The van der Waals surface area contributed by atoms with E-state index in [2.05, 4.69) is 0 Å². The second kappa shape index (κ2) is 5.34. The van der Waals surface area contributed by atoms with E-state index in [9.17, 15) is 19.7 Å². The molecule has 0 radical (unpaired) electrons. The van der Waals surface area contributed by atoms with Gasteiger partial charge in [0.1, 0.15) is 0 Å². The quantitative estimate of drug-likeness (QED) is 0.337. The van der Waals surface area contributed by atoms with Gasteiger partial charge in [-0.2, -0.15) is 0 Å². The van der Waals surface area contributed by atoms with Crippen LogP contribution in [0.3, 0.4) is 0 Å². The molecule has 0 amide bonds. The van der Waals surface area contributed by atoms with Crippen molar-refractivity contribution in [1.29, 1.82) is 0 Å². The van der Waals surface area contributed by atoms with Crippen molar-refractivity contribution in [1.82, 2.24) is 0 Å². The number of nitrogens with zero attached hydrogens (tertiary/aromatic N) is 1. The van der Waals surface area contributed by atoms with Crippen LogP contribution in [0.1, 0.15) is 24.2 Å². The summed E-state index contributed by atoms with van der Waals surface area (Å²) >= 11 is 0. The maximum absolute atomic E-state index is 11.9. The second-order valence-electron chi connectivity index (χ2n) is 3.98. The summed E-state index contributed by atoms with van der Waals surface area (Å²) in [5, 5.41) is 10.8. The summed E-state index contributed by atoms with van der Waals surface area (Å²) in [7, 11) is 0. The van der Waals surface area contributed by atoms with E-state index >= 15 is 0 Å². The number of carbonyl (C=O) groups excluding carboxylic acids is 2. The summed E-state index contributed by atoms with van der Waals surface area (Å²) in [6.07, 6.45) is 0. The van der Waals surface area contributed by atoms with E-state index < -0.39 is 28.4 Å². The van der Waals surface area contributed by atoms with Crippen LogP contribution in [0.4, 0.5) is 0 Å². The smallest absolute Gasteiger partial charge is 0.291 e. The van der Waals surface area contributed by atoms with Crippen LogP contribution in [-0.4, -0.2) is 22.5 Å². The number of benzene rings is 1. The Morgan fingerprint density at radius 3 is 2.12 bits per heavy atom. The van der Waals surface area contributed by atoms with E-state index in [1.54, 1.807) is 18.2 Å². The third-order valence-electron chi connectivity index (χ3n) is 2.36. The van der Waals surface area contributed by atoms with Crippen LogP contribution in [0.2, 0.25) is 0 Å². The summed E-state index contributed by atoms with van der Waals surface area (Å²) in [6, 6.07) is 6.03. The van der Waals surface area contributed by atoms with Crippen molar-refractivity contribution >= 4 is 11.6 Å². The molecular formula is C12H13NO4. The molecule has 90 valence electrons. The second-order valence-corrected chi connectivity index (χ2v) is 3.98. The number of hydrogen-bond acceptors (Lipinski definition) is 4. The largest absolute Gasteiger partial charge is 0.332 e. The Morgan fingerprint density at radius 2 is 1.71 bits per heavy atom. The standard InChI is InChI=1S/C12H13NO4/c1-8(2)11(14)10(13(16)17)12(15)9-6-4-3-5-7-9/h3-8,10H,1-2H3. The molecule has 0 N–H and O–H groups in total. The number of rotatable bonds is 5. The molecule has 0 aromatic heterocycles. The minimum Gasteiger partial charge on any atom is -0.291 e. The van der Waals surface area contributed by atoms with E-state index in [-0.39, 0.29) is 5.56 Å². The number of Topliss-reactive ketones (excluding diaryl/α,β-unsaturated/α-hetero) is 2. The monoisotopic (exact) mass is 235 g/mol. The molecule has 1 atom stereocenters. The fourth-order valence-corrected chi connectivity index (χ4v) is 1.40. The molecule has 5 heteroatoms. The van der Waals surface area contributed by atoms with Gasteiger partial charge in [0.2, 0.25) is 11.6 Å². The van der Waals surface area contributed by atoms with Gasteiger partial charge in [0, 0.05) is 16.4 Å². The van der Waals surface area contributed by atoms with E-state index in [0.29, 0.717) is 0 Å². The van der Waals surface area contributed by atoms with Crippen molar-refractivity contribution in [3.8, 4) is 0 Å². The molecule has 0 aliphatic heterocycles. The Bertz CT molecular complexity index is 439. The van der Waals surface area contributed by atoms with Gasteiger partial charge in [0.15, 0.2) is 0 Å². The molecule has 0 bridgehead atoms. The Labute approximate surface area is 98.6 Å². The highest BCUT2D eigenvalue weighted by Gasteiger charge is 2.39. The van der Waals surface area contributed by atoms with Crippen LogP contribution in [0.15, 0.2) is 30.3 Å². The van der Waals surface area contributed by atoms with Crippen molar-refractivity contribution < 1.29 is 14.5 Å². The molecule has 0 aliphatic carbocycles. The van der Waals surface area contributed by atoms with Gasteiger partial charge in [0.05, 0.1) is 0 Å². The Hall–Kier alpha value is -2.04. The molecular weight excluding hydrogens is 222 g/mol. The molecule has 1 unspecified atom stereocenters. The molecule has 1 rings (SSSR count). The molecule has 0 saturated carbocycles. The van der Waals surface area contributed by atoms with Gasteiger partial charge in [-0.05, 0) is 0 Å². The average Bonchev–Trinajstić information content (AvgIpc) is 2.29. The van der Waals surface area contributed by atoms with Crippen LogP contribution < -0.4 is 0 Å². The summed E-state index contributed by atoms with van der Waals surface area (Å²) in [5.41, 5.74) is 0.184. The zero-order valence-electron chi connectivity index (χ0n) is 9.62. The lowest BCUT2D eigenvalue weighted by atomic mass is 9.95. The predicted octanol–water partition coefficient (Wildman–Crippen LogP) is 1.74. The highest BCUT2D eigenvalue weighted by Crippen LogP contribution is 2.10. The summed E-state index contributed by atoms with van der Waals surface area (Å²) in [6.45, 7) is 3.08. The zero-order valence-corrected chi connectivity index (χ0v) is 9.62. The van der Waals surface area contributed by atoms with Crippen LogP contribution in [0, 0.1) is 16.0 Å². The first-order chi connectivity index (χ1) is 7.95. The highest BCUT2D eigenvalue weighted by atomic mass is 16.6. The fourth-order valence-electron chi connectivity index (χ4n) is 1.40. The lowest BCUT2D eigenvalue weighted by Gasteiger charge is -2.09. The van der Waals surface area contributed by atoms with Gasteiger partial charge in [-0.3, -0.25) is 19.7 Å². The molecule has 17 heavy (non-hydrogen) atoms. The lowest BCUT2D eigenvalue weighted by molar-refractivity contribution is -0.491. The van der Waals surface area contributed by atoms with Crippen LogP contribution in [0.25, 0.3) is 0 Å². The predicted molar refractivity (Wildman–Crippen MR) is 61.4 cm³/mol. The van der Waals surface area contributed by atoms with Crippen molar-refractivity contribution in [2.45, 2.75) is 19.9 Å². The zero-order chi connectivity index (χ0) is 13.0. The summed E-state index contributed by atoms with van der Waals surface area (Å²) < 4.78 is 0. The van der Waals surface area contributed by atoms with Crippen molar-refractivity contribution in [3.05, 3.63) is 46.0 Å². The normalized spacial score (nSPS) is 12.2. The third-order valence-corrected chi connectivity index (χ3v) is 2.36. The molecule has 0 fully saturated rings. The van der Waals surface area contributed by atoms with Crippen LogP contribution >= 0.6 is 0 Å². The molecule has 5 nitrogen and oxygen atoms in total. The van der Waals surface area contributed by atoms with Gasteiger partial charge >= 0.3 is 6.04 Å². The van der Waals surface area contributed by atoms with E-state index in [0.717, 1.165) is 0 Å². The first-order valence-corrected chi connectivity index (χ1v) is 5.21. The minimum atomic E-state index is -1.79. The summed E-state index contributed by atoms with van der Waals surface area (Å²) in [5.74, 6) is -1.96. The molecule has 0 saturated heterocycles. The van der Waals surface area contributed by atoms with E-state index in [4.69, 9.17) is 0 Å². The SMILES string of the molecule is CC(C)C(=O)C(C(=O)c1ccccc1)[N+](=O)[O-]. The van der Waals surface area contributed by atoms with Crippen LogP contribution in [-0.2, 0) is 4.79 Å². The number of ketones is 2. The Morgan fingerprint density at radius 1 is 1.18 bits per heavy atom. The maximum Gasteiger partial charge on any atom is 0.332 e. The molecule has 1 aromatic rings. The Kier molecular flexibility index (Phi) is 4.09. The average molecular weight is 235 g/mol. The lowest BCUT2D eigenvalue weighted by Crippen LogP contribution is -2.40. The van der Waals surface area contributed by atoms with Crippen molar-refractivity contribution in [2.75, 3.05) is 0 Å². The van der Waals surface area contributed by atoms with Gasteiger partial charge in [0.25, 0.3) is 0 Å². The summed E-state index contributed by atoms with van der Waals surface area (Å²) in [4.78, 5) is 33.5.